The molecule has 2 N–H and O–H groups in total. The van der Waals surface area contributed by atoms with Crippen molar-refractivity contribution in [1.29, 1.82) is 0 Å². The minimum atomic E-state index is -0.734. The van der Waals surface area contributed by atoms with E-state index < -0.39 is 5.97 Å². The zero-order valence-electron chi connectivity index (χ0n) is 18.7. The van der Waals surface area contributed by atoms with Crippen LogP contribution in [0.25, 0.3) is 0 Å². The lowest BCUT2D eigenvalue weighted by Gasteiger charge is -2.44. The summed E-state index contributed by atoms with van der Waals surface area (Å²) < 4.78 is 5.61. The maximum Gasteiger partial charge on any atom is 0.305 e. The number of aryl methyl sites for hydroxylation is 2. The molecule has 0 unspecified atom stereocenters. The number of aliphatic carboxylic acids is 1. The van der Waals surface area contributed by atoms with Crippen LogP contribution >= 0.6 is 0 Å². The Labute approximate surface area is 190 Å². The Hall–Kier alpha value is -2.60. The summed E-state index contributed by atoms with van der Waals surface area (Å²) in [4.78, 5) is 18.7. The van der Waals surface area contributed by atoms with Gasteiger partial charge in [-0.15, -0.1) is 0 Å². The maximum absolute atomic E-state index is 11.5. The Morgan fingerprint density at radius 3 is 2.97 bits per heavy atom. The van der Waals surface area contributed by atoms with Crippen molar-refractivity contribution in [3.05, 3.63) is 52.7 Å². The first-order valence-corrected chi connectivity index (χ1v) is 12.1. The van der Waals surface area contributed by atoms with Gasteiger partial charge < -0.3 is 15.2 Å². The van der Waals surface area contributed by atoms with Crippen LogP contribution in [0.2, 0.25) is 0 Å². The summed E-state index contributed by atoms with van der Waals surface area (Å²) in [5.74, 6) is 1.98. The number of carboxylic acids is 1. The van der Waals surface area contributed by atoms with Gasteiger partial charge in [-0.25, -0.2) is 4.98 Å². The number of hydrogen-bond donors (Lipinski definition) is 2. The van der Waals surface area contributed by atoms with Crippen molar-refractivity contribution in [2.45, 2.75) is 57.4 Å². The number of hydrogen-bond acceptors (Lipinski definition) is 5. The molecule has 5 rings (SSSR count). The average molecular weight is 436 g/mol. The van der Waals surface area contributed by atoms with E-state index >= 15 is 0 Å². The predicted octanol–water partition coefficient (Wildman–Crippen LogP) is 4.24. The molecule has 0 bridgehead atoms. The van der Waals surface area contributed by atoms with Crippen molar-refractivity contribution < 1.29 is 14.6 Å². The highest BCUT2D eigenvalue weighted by Crippen LogP contribution is 2.36. The van der Waals surface area contributed by atoms with Gasteiger partial charge in [0.2, 0.25) is 0 Å². The summed E-state index contributed by atoms with van der Waals surface area (Å²) >= 11 is 0. The number of unbranched alkanes of at least 4 members (excludes halogenated alkanes) is 1. The zero-order chi connectivity index (χ0) is 21.9. The lowest BCUT2D eigenvalue weighted by Crippen LogP contribution is -2.48. The number of benzene rings is 1. The second kappa shape index (κ2) is 9.49. The Kier molecular flexibility index (Phi) is 6.30. The number of carboxylic acid groups (broad SMARTS) is 1. The number of likely N-dealkylation sites (tertiary alicyclic amines) is 1. The molecule has 0 spiro atoms. The number of anilines is 1. The molecule has 0 amide bonds. The predicted molar refractivity (Wildman–Crippen MR) is 124 cm³/mol. The Morgan fingerprint density at radius 2 is 2.09 bits per heavy atom. The highest BCUT2D eigenvalue weighted by Gasteiger charge is 2.34. The zero-order valence-corrected chi connectivity index (χ0v) is 18.7. The largest absolute Gasteiger partial charge is 0.493 e. The van der Waals surface area contributed by atoms with Gasteiger partial charge >= 0.3 is 5.97 Å². The van der Waals surface area contributed by atoms with Crippen LogP contribution in [0.4, 0.5) is 5.82 Å². The van der Waals surface area contributed by atoms with E-state index in [-0.39, 0.29) is 12.5 Å². The van der Waals surface area contributed by atoms with Gasteiger partial charge in [-0.05, 0) is 66.8 Å². The highest BCUT2D eigenvalue weighted by atomic mass is 16.5. The number of ether oxygens (including phenoxy) is 1. The SMILES string of the molecule is O=C(O)C[C@@H](c1ccc2c(c1)CCO2)N1CC(CCCCc2ccc3c(n2)NCCC3)C1. The topological polar surface area (TPSA) is 74.7 Å². The second-order valence-corrected chi connectivity index (χ2v) is 9.49. The fourth-order valence-corrected chi connectivity index (χ4v) is 5.33. The van der Waals surface area contributed by atoms with Gasteiger partial charge in [0, 0.05) is 37.8 Å². The van der Waals surface area contributed by atoms with E-state index in [1.807, 2.05) is 12.1 Å². The first-order valence-electron chi connectivity index (χ1n) is 12.1. The molecule has 0 aliphatic carbocycles. The fourth-order valence-electron chi connectivity index (χ4n) is 5.33. The number of nitrogens with one attached hydrogen (secondary N) is 1. The van der Waals surface area contributed by atoms with E-state index in [0.29, 0.717) is 5.92 Å². The van der Waals surface area contributed by atoms with E-state index in [0.717, 1.165) is 69.1 Å². The van der Waals surface area contributed by atoms with E-state index in [4.69, 9.17) is 9.72 Å². The molecular formula is C26H33N3O3. The van der Waals surface area contributed by atoms with Crippen molar-refractivity contribution in [3.8, 4) is 5.75 Å². The third-order valence-electron chi connectivity index (χ3n) is 7.14. The van der Waals surface area contributed by atoms with Gasteiger partial charge in [0.15, 0.2) is 0 Å². The molecule has 32 heavy (non-hydrogen) atoms. The third-order valence-corrected chi connectivity index (χ3v) is 7.14. The van der Waals surface area contributed by atoms with E-state index in [9.17, 15) is 9.90 Å². The molecule has 4 heterocycles. The van der Waals surface area contributed by atoms with Crippen molar-refractivity contribution in [3.63, 3.8) is 0 Å². The smallest absolute Gasteiger partial charge is 0.305 e. The molecule has 0 radical (unpaired) electrons. The maximum atomic E-state index is 11.5. The van der Waals surface area contributed by atoms with Crippen LogP contribution in [0.3, 0.4) is 0 Å². The lowest BCUT2D eigenvalue weighted by atomic mass is 9.88. The van der Waals surface area contributed by atoms with Crippen molar-refractivity contribution in [2.24, 2.45) is 5.92 Å². The molecule has 1 fully saturated rings. The molecular weight excluding hydrogens is 402 g/mol. The van der Waals surface area contributed by atoms with E-state index in [2.05, 4.69) is 28.4 Å². The molecule has 6 heteroatoms. The number of pyridine rings is 1. The van der Waals surface area contributed by atoms with Crippen molar-refractivity contribution in [2.75, 3.05) is 31.6 Å². The number of nitrogens with zero attached hydrogens (tertiary/aromatic N) is 2. The number of aromatic nitrogens is 1. The van der Waals surface area contributed by atoms with Crippen LogP contribution in [0.1, 0.15) is 60.5 Å². The molecule has 1 aromatic heterocycles. The fraction of sp³-hybridized carbons (Fsp3) is 0.538. The molecule has 3 aliphatic heterocycles. The normalized spacial score (nSPS) is 18.8. The van der Waals surface area contributed by atoms with Crippen LogP contribution in [0.15, 0.2) is 30.3 Å². The Balaban J connectivity index is 1.09. The van der Waals surface area contributed by atoms with Crippen LogP contribution < -0.4 is 10.1 Å². The summed E-state index contributed by atoms with van der Waals surface area (Å²) in [7, 11) is 0. The number of carbonyl (C=O) groups is 1. The Morgan fingerprint density at radius 1 is 1.19 bits per heavy atom. The average Bonchev–Trinajstić information content (AvgIpc) is 3.24. The van der Waals surface area contributed by atoms with Crippen molar-refractivity contribution >= 4 is 11.8 Å². The molecule has 1 saturated heterocycles. The molecule has 170 valence electrons. The standard InChI is InChI=1S/C26H33N3O3/c30-25(31)15-23(20-8-10-24-21(14-20)11-13-32-24)29-16-18(17-29)4-1-2-6-22-9-7-19-5-3-12-27-26(19)28-22/h7-10,14,18,23H,1-6,11-13,15-17H2,(H,27,28)(H,30,31)/t23-/m0/s1. The Bertz CT molecular complexity index is 971. The minimum absolute atomic E-state index is 0.0400. The van der Waals surface area contributed by atoms with Crippen LogP contribution in [-0.2, 0) is 24.1 Å². The minimum Gasteiger partial charge on any atom is -0.493 e. The second-order valence-electron chi connectivity index (χ2n) is 9.49. The number of rotatable bonds is 9. The molecule has 1 aromatic carbocycles. The molecule has 1 atom stereocenters. The quantitative estimate of drug-likeness (QED) is 0.574. The molecule has 3 aliphatic rings. The van der Waals surface area contributed by atoms with E-state index in [1.54, 1.807) is 0 Å². The monoisotopic (exact) mass is 435 g/mol. The van der Waals surface area contributed by atoms with Gasteiger partial charge in [-0.1, -0.05) is 24.6 Å². The first kappa shape index (κ1) is 21.3. The van der Waals surface area contributed by atoms with Gasteiger partial charge in [-0.3, -0.25) is 9.69 Å². The summed E-state index contributed by atoms with van der Waals surface area (Å²) in [5, 5.41) is 12.9. The van der Waals surface area contributed by atoms with E-state index in [1.165, 1.54) is 36.1 Å². The third kappa shape index (κ3) is 4.75. The van der Waals surface area contributed by atoms with Crippen LogP contribution in [0.5, 0.6) is 5.75 Å². The summed E-state index contributed by atoms with van der Waals surface area (Å²) in [6, 6.07) is 10.6. The molecule has 0 saturated carbocycles. The van der Waals surface area contributed by atoms with Crippen molar-refractivity contribution in [1.82, 2.24) is 9.88 Å². The summed E-state index contributed by atoms with van der Waals surface area (Å²) in [5.41, 5.74) is 4.86. The van der Waals surface area contributed by atoms with Crippen LogP contribution in [-0.4, -0.2) is 47.2 Å². The van der Waals surface area contributed by atoms with Crippen LogP contribution in [0, 0.1) is 5.92 Å². The van der Waals surface area contributed by atoms with Gasteiger partial charge in [0.05, 0.1) is 13.0 Å². The van der Waals surface area contributed by atoms with Gasteiger partial charge in [0.25, 0.3) is 0 Å². The lowest BCUT2D eigenvalue weighted by molar-refractivity contribution is -0.139. The molecule has 6 nitrogen and oxygen atoms in total. The summed E-state index contributed by atoms with van der Waals surface area (Å²) in [6.45, 7) is 3.74. The highest BCUT2D eigenvalue weighted by molar-refractivity contribution is 5.68. The van der Waals surface area contributed by atoms with Gasteiger partial charge in [-0.2, -0.15) is 0 Å². The number of fused-ring (bicyclic) bond motifs is 2. The molecule has 2 aromatic rings. The summed E-state index contributed by atoms with van der Waals surface area (Å²) in [6.07, 6.45) is 8.00. The first-order chi connectivity index (χ1) is 15.7. The van der Waals surface area contributed by atoms with Gasteiger partial charge in [0.1, 0.15) is 11.6 Å².